The largest absolute Gasteiger partial charge is 0.481 e. The van der Waals surface area contributed by atoms with Crippen molar-refractivity contribution in [2.75, 3.05) is 26.5 Å². The van der Waals surface area contributed by atoms with E-state index in [2.05, 4.69) is 10.3 Å². The van der Waals surface area contributed by atoms with Crippen LogP contribution in [0, 0.1) is 11.7 Å². The second-order valence-corrected chi connectivity index (χ2v) is 9.54. The van der Waals surface area contributed by atoms with Gasteiger partial charge in [0.25, 0.3) is 10.1 Å². The van der Waals surface area contributed by atoms with E-state index in [0.29, 0.717) is 16.8 Å². The molecule has 0 saturated carbocycles. The lowest BCUT2D eigenvalue weighted by Crippen LogP contribution is -2.37. The molecule has 8 nitrogen and oxygen atoms in total. The molecule has 1 aromatic carbocycles. The number of nitrogens with zero attached hydrogens (tertiary/aromatic N) is 1. The first-order valence-electron chi connectivity index (χ1n) is 9.31. The predicted octanol–water partition coefficient (Wildman–Crippen LogP) is 3.04. The minimum Gasteiger partial charge on any atom is -0.481 e. The van der Waals surface area contributed by atoms with Gasteiger partial charge in [0.2, 0.25) is 5.88 Å². The summed E-state index contributed by atoms with van der Waals surface area (Å²) in [6.07, 6.45) is 0.343. The molecule has 30 heavy (non-hydrogen) atoms. The van der Waals surface area contributed by atoms with E-state index >= 15 is 0 Å². The highest BCUT2D eigenvalue weighted by atomic mass is 32.2. The van der Waals surface area contributed by atoms with Gasteiger partial charge in [-0.2, -0.15) is 8.42 Å². The van der Waals surface area contributed by atoms with E-state index in [0.717, 1.165) is 6.26 Å². The maximum Gasteiger partial charge on any atom is 0.407 e. The summed E-state index contributed by atoms with van der Waals surface area (Å²) in [5.41, 5.74) is -0.0131. The normalized spacial score (nSPS) is 13.1. The number of fused-ring (bicyclic) bond motifs is 1. The minimum atomic E-state index is -3.72. The van der Waals surface area contributed by atoms with E-state index in [-0.39, 0.29) is 25.1 Å². The summed E-state index contributed by atoms with van der Waals surface area (Å²) >= 11 is 0. The number of hydrogen-bond donors (Lipinski definition) is 1. The summed E-state index contributed by atoms with van der Waals surface area (Å²) in [6, 6.07) is 6.34. The van der Waals surface area contributed by atoms with Gasteiger partial charge in [0, 0.05) is 29.5 Å². The third-order valence-electron chi connectivity index (χ3n) is 4.04. The SMILES string of the molecule is COc1ccc2ccc(F)c(CC(CNC(=O)OC(C)(C)C)COS(C)(=O)=O)c2n1. The molecule has 2 aromatic rings. The van der Waals surface area contributed by atoms with Crippen LogP contribution in [0.25, 0.3) is 10.9 Å². The van der Waals surface area contributed by atoms with Crippen LogP contribution < -0.4 is 10.1 Å². The number of hydrogen-bond acceptors (Lipinski definition) is 7. The standard InChI is InChI=1S/C20H27FN2O6S/c1-20(2,3)29-19(24)22-11-13(12-28-30(5,25)26)10-15-16(21)8-6-14-7-9-17(27-4)23-18(14)15/h6-9,13H,10-12H2,1-5H3,(H,22,24). The quantitative estimate of drug-likeness (QED) is 0.627. The summed E-state index contributed by atoms with van der Waals surface area (Å²) < 4.78 is 52.8. The molecule has 0 aliphatic carbocycles. The zero-order chi connectivity index (χ0) is 22.5. The van der Waals surface area contributed by atoms with Crippen LogP contribution in [-0.4, -0.2) is 51.6 Å². The number of nitrogens with one attached hydrogen (secondary N) is 1. The number of carbonyl (C=O) groups excluding carboxylic acids is 1. The Balaban J connectivity index is 2.28. The summed E-state index contributed by atoms with van der Waals surface area (Å²) in [5.74, 6) is -0.726. The average molecular weight is 443 g/mol. The van der Waals surface area contributed by atoms with E-state index in [1.807, 2.05) is 0 Å². The molecule has 0 aliphatic heterocycles. The van der Waals surface area contributed by atoms with Gasteiger partial charge in [-0.1, -0.05) is 0 Å². The van der Waals surface area contributed by atoms with Crippen LogP contribution in [-0.2, 0) is 25.5 Å². The van der Waals surface area contributed by atoms with Gasteiger partial charge in [0.05, 0.1) is 25.5 Å². The summed E-state index contributed by atoms with van der Waals surface area (Å²) in [7, 11) is -2.26. The number of benzene rings is 1. The number of aromatic nitrogens is 1. The molecule has 0 aliphatic rings. The van der Waals surface area contributed by atoms with Crippen molar-refractivity contribution in [3.8, 4) is 5.88 Å². The highest BCUT2D eigenvalue weighted by Gasteiger charge is 2.21. The smallest absolute Gasteiger partial charge is 0.407 e. The monoisotopic (exact) mass is 442 g/mol. The van der Waals surface area contributed by atoms with Gasteiger partial charge in [-0.05, 0) is 45.4 Å². The molecule has 1 aromatic heterocycles. The Bertz CT molecular complexity index is 1000. The second kappa shape index (κ2) is 9.57. The van der Waals surface area contributed by atoms with Gasteiger partial charge >= 0.3 is 6.09 Å². The van der Waals surface area contributed by atoms with E-state index < -0.39 is 33.5 Å². The van der Waals surface area contributed by atoms with Crippen molar-refractivity contribution in [1.29, 1.82) is 0 Å². The third kappa shape index (κ3) is 7.42. The summed E-state index contributed by atoms with van der Waals surface area (Å²) in [4.78, 5) is 16.3. The van der Waals surface area contributed by atoms with Crippen molar-refractivity contribution in [2.45, 2.75) is 32.8 Å². The van der Waals surface area contributed by atoms with E-state index in [4.69, 9.17) is 13.7 Å². The lowest BCUT2D eigenvalue weighted by Gasteiger charge is -2.22. The van der Waals surface area contributed by atoms with Crippen molar-refractivity contribution in [1.82, 2.24) is 10.3 Å². The number of alkyl carbamates (subject to hydrolysis) is 1. The molecule has 0 bridgehead atoms. The molecule has 1 N–H and O–H groups in total. The van der Waals surface area contributed by atoms with E-state index in [1.165, 1.54) is 13.2 Å². The molecular weight excluding hydrogens is 415 g/mol. The van der Waals surface area contributed by atoms with Crippen LogP contribution in [0.4, 0.5) is 9.18 Å². The maximum atomic E-state index is 14.7. The summed E-state index contributed by atoms with van der Waals surface area (Å²) in [6.45, 7) is 4.95. The molecule has 0 fully saturated rings. The maximum absolute atomic E-state index is 14.7. The van der Waals surface area contributed by atoms with E-state index in [9.17, 15) is 17.6 Å². The van der Waals surface area contributed by atoms with Gasteiger partial charge in [0.1, 0.15) is 11.4 Å². The topological polar surface area (TPSA) is 104 Å². The second-order valence-electron chi connectivity index (χ2n) is 7.89. The first-order valence-corrected chi connectivity index (χ1v) is 11.1. The Labute approximate surface area is 175 Å². The molecule has 0 saturated heterocycles. The molecule has 1 amide bonds. The number of methoxy groups -OCH3 is 1. The summed E-state index contributed by atoms with van der Waals surface area (Å²) in [5, 5.41) is 3.29. The number of carbonyl (C=O) groups is 1. The van der Waals surface area contributed by atoms with Crippen molar-refractivity contribution in [3.63, 3.8) is 0 Å². The van der Waals surface area contributed by atoms with Gasteiger partial charge in [-0.3, -0.25) is 4.18 Å². The Hall–Kier alpha value is -2.46. The Kier molecular flexibility index (Phi) is 7.59. The lowest BCUT2D eigenvalue weighted by atomic mass is 9.97. The number of rotatable bonds is 8. The fourth-order valence-electron chi connectivity index (χ4n) is 2.75. The molecule has 0 spiro atoms. The molecule has 2 rings (SSSR count). The van der Waals surface area contributed by atoms with Gasteiger partial charge in [0.15, 0.2) is 0 Å². The van der Waals surface area contributed by atoms with Gasteiger partial charge < -0.3 is 14.8 Å². The number of pyridine rings is 1. The van der Waals surface area contributed by atoms with Crippen LogP contribution in [0.15, 0.2) is 24.3 Å². The first-order chi connectivity index (χ1) is 13.9. The highest BCUT2D eigenvalue weighted by Crippen LogP contribution is 2.25. The lowest BCUT2D eigenvalue weighted by molar-refractivity contribution is 0.0514. The van der Waals surface area contributed by atoms with Crippen molar-refractivity contribution in [2.24, 2.45) is 5.92 Å². The van der Waals surface area contributed by atoms with Crippen LogP contribution in [0.1, 0.15) is 26.3 Å². The Morgan fingerprint density at radius 2 is 1.90 bits per heavy atom. The Morgan fingerprint density at radius 1 is 1.23 bits per heavy atom. The van der Waals surface area contributed by atoms with Crippen molar-refractivity contribution >= 4 is 27.1 Å². The van der Waals surface area contributed by atoms with Crippen LogP contribution >= 0.6 is 0 Å². The molecule has 1 unspecified atom stereocenters. The number of amides is 1. The zero-order valence-corrected chi connectivity index (χ0v) is 18.5. The molecule has 166 valence electrons. The Morgan fingerprint density at radius 3 is 2.50 bits per heavy atom. The molecular formula is C20H27FN2O6S. The first kappa shape index (κ1) is 23.8. The average Bonchev–Trinajstić information content (AvgIpc) is 2.63. The molecule has 10 heteroatoms. The van der Waals surface area contributed by atoms with Crippen LogP contribution in [0.5, 0.6) is 5.88 Å². The van der Waals surface area contributed by atoms with Crippen LogP contribution in [0.3, 0.4) is 0 Å². The van der Waals surface area contributed by atoms with Gasteiger partial charge in [-0.25, -0.2) is 14.2 Å². The third-order valence-corrected chi connectivity index (χ3v) is 4.60. The molecule has 1 atom stereocenters. The van der Waals surface area contributed by atoms with Crippen LogP contribution in [0.2, 0.25) is 0 Å². The fourth-order valence-corrected chi connectivity index (χ4v) is 3.19. The zero-order valence-electron chi connectivity index (χ0n) is 17.7. The van der Waals surface area contributed by atoms with Crippen molar-refractivity contribution < 1.29 is 31.3 Å². The van der Waals surface area contributed by atoms with E-state index in [1.54, 1.807) is 39.0 Å². The van der Waals surface area contributed by atoms with Crippen molar-refractivity contribution in [3.05, 3.63) is 35.6 Å². The minimum absolute atomic E-state index is 0.0181. The van der Waals surface area contributed by atoms with Gasteiger partial charge in [-0.15, -0.1) is 0 Å². The predicted molar refractivity (Wildman–Crippen MR) is 110 cm³/mol. The molecule has 1 heterocycles. The number of halogens is 1. The molecule has 0 radical (unpaired) electrons. The highest BCUT2D eigenvalue weighted by molar-refractivity contribution is 7.85. The fraction of sp³-hybridized carbons (Fsp3) is 0.500. The number of ether oxygens (including phenoxy) is 2.